The van der Waals surface area contributed by atoms with Gasteiger partial charge in [-0.2, -0.15) is 0 Å². The fraction of sp³-hybridized carbons (Fsp3) is 0.364. The Bertz CT molecular complexity index is 354. The monoisotopic (exact) mass is 225 g/mol. The predicted octanol–water partition coefficient (Wildman–Crippen LogP) is 0.129. The van der Waals surface area contributed by atoms with Crippen molar-refractivity contribution in [3.63, 3.8) is 0 Å². The maximum absolute atomic E-state index is 11.7. The molecule has 16 heavy (non-hydrogen) atoms. The van der Waals surface area contributed by atoms with Gasteiger partial charge in [0.15, 0.2) is 0 Å². The highest BCUT2D eigenvalue weighted by molar-refractivity contribution is 5.94. The van der Waals surface area contributed by atoms with Crippen LogP contribution in [-0.4, -0.2) is 42.5 Å². The molecule has 0 saturated carbocycles. The van der Waals surface area contributed by atoms with E-state index in [-0.39, 0.29) is 24.9 Å². The molecule has 0 aliphatic rings. The van der Waals surface area contributed by atoms with Gasteiger partial charge >= 0.3 is 0 Å². The van der Waals surface area contributed by atoms with Gasteiger partial charge in [0.05, 0.1) is 19.3 Å². The Morgan fingerprint density at radius 1 is 1.56 bits per heavy atom. The summed E-state index contributed by atoms with van der Waals surface area (Å²) in [6, 6.07) is 5.55. The van der Waals surface area contributed by atoms with Crippen molar-refractivity contribution in [2.75, 3.05) is 20.3 Å². The van der Waals surface area contributed by atoms with Gasteiger partial charge in [-0.1, -0.05) is 6.07 Å². The minimum atomic E-state index is -0.445. The van der Waals surface area contributed by atoms with E-state index < -0.39 is 6.04 Å². The minimum Gasteiger partial charge on any atom is -0.508 e. The SMILES string of the molecule is COCC(CO)NC(=O)c1cccc(O)c1. The Balaban J connectivity index is 2.64. The van der Waals surface area contributed by atoms with E-state index >= 15 is 0 Å². The number of carbonyl (C=O) groups is 1. The zero-order valence-corrected chi connectivity index (χ0v) is 9.01. The number of methoxy groups -OCH3 is 1. The third kappa shape index (κ3) is 3.52. The van der Waals surface area contributed by atoms with Crippen molar-refractivity contribution in [2.24, 2.45) is 0 Å². The number of carbonyl (C=O) groups excluding carboxylic acids is 1. The molecule has 5 heteroatoms. The van der Waals surface area contributed by atoms with E-state index in [0.29, 0.717) is 5.56 Å². The molecule has 1 aromatic carbocycles. The molecule has 0 aromatic heterocycles. The Labute approximate surface area is 93.7 Å². The number of aromatic hydroxyl groups is 1. The predicted molar refractivity (Wildman–Crippen MR) is 58.3 cm³/mol. The third-order valence-electron chi connectivity index (χ3n) is 2.03. The first kappa shape index (κ1) is 12.5. The molecule has 5 nitrogen and oxygen atoms in total. The number of hydrogen-bond donors (Lipinski definition) is 3. The summed E-state index contributed by atoms with van der Waals surface area (Å²) < 4.78 is 4.83. The highest BCUT2D eigenvalue weighted by atomic mass is 16.5. The van der Waals surface area contributed by atoms with E-state index in [1.807, 2.05) is 0 Å². The molecule has 1 unspecified atom stereocenters. The van der Waals surface area contributed by atoms with E-state index in [4.69, 9.17) is 9.84 Å². The fourth-order valence-corrected chi connectivity index (χ4v) is 1.26. The van der Waals surface area contributed by atoms with Crippen molar-refractivity contribution < 1.29 is 19.7 Å². The molecule has 0 aliphatic heterocycles. The topological polar surface area (TPSA) is 78.8 Å². The Hall–Kier alpha value is -1.59. The minimum absolute atomic E-state index is 0.0277. The van der Waals surface area contributed by atoms with Crippen molar-refractivity contribution in [2.45, 2.75) is 6.04 Å². The molecule has 0 bridgehead atoms. The van der Waals surface area contributed by atoms with Crippen LogP contribution in [0.15, 0.2) is 24.3 Å². The number of phenols is 1. The molecule has 3 N–H and O–H groups in total. The maximum Gasteiger partial charge on any atom is 0.251 e. The second kappa shape index (κ2) is 6.09. The van der Waals surface area contributed by atoms with Crippen LogP contribution in [0, 0.1) is 0 Å². The van der Waals surface area contributed by atoms with Crippen LogP contribution >= 0.6 is 0 Å². The molecule has 88 valence electrons. The quantitative estimate of drug-likeness (QED) is 0.665. The van der Waals surface area contributed by atoms with Gasteiger partial charge in [-0.05, 0) is 18.2 Å². The average molecular weight is 225 g/mol. The third-order valence-corrected chi connectivity index (χ3v) is 2.03. The van der Waals surface area contributed by atoms with Gasteiger partial charge in [0.1, 0.15) is 5.75 Å². The van der Waals surface area contributed by atoms with Crippen LogP contribution in [0.25, 0.3) is 0 Å². The first-order chi connectivity index (χ1) is 7.67. The second-order valence-electron chi connectivity index (χ2n) is 3.36. The number of ether oxygens (including phenoxy) is 1. The molecule has 0 saturated heterocycles. The lowest BCUT2D eigenvalue weighted by atomic mass is 10.2. The molecular formula is C11H15NO4. The number of aliphatic hydroxyl groups is 1. The van der Waals surface area contributed by atoms with Gasteiger partial charge in [0.25, 0.3) is 5.91 Å². The van der Waals surface area contributed by atoms with Gasteiger partial charge in [-0.3, -0.25) is 4.79 Å². The van der Waals surface area contributed by atoms with Crippen LogP contribution < -0.4 is 5.32 Å². The normalized spacial score (nSPS) is 12.1. The van der Waals surface area contributed by atoms with Gasteiger partial charge in [-0.15, -0.1) is 0 Å². The smallest absolute Gasteiger partial charge is 0.251 e. The van der Waals surface area contributed by atoms with E-state index in [0.717, 1.165) is 0 Å². The molecule has 1 aromatic rings. The summed E-state index contributed by atoms with van der Waals surface area (Å²) in [6.45, 7) is 0.0411. The van der Waals surface area contributed by atoms with Crippen LogP contribution in [-0.2, 0) is 4.74 Å². The van der Waals surface area contributed by atoms with Crippen LogP contribution in [0.3, 0.4) is 0 Å². The number of nitrogens with one attached hydrogen (secondary N) is 1. The van der Waals surface area contributed by atoms with Crippen LogP contribution in [0.1, 0.15) is 10.4 Å². The largest absolute Gasteiger partial charge is 0.508 e. The number of aliphatic hydroxyl groups excluding tert-OH is 1. The van der Waals surface area contributed by atoms with E-state index in [1.54, 1.807) is 12.1 Å². The summed E-state index contributed by atoms with van der Waals surface area (Å²) in [4.78, 5) is 11.7. The Morgan fingerprint density at radius 2 is 2.31 bits per heavy atom. The molecule has 0 aliphatic carbocycles. The van der Waals surface area contributed by atoms with E-state index in [1.165, 1.54) is 19.2 Å². The molecule has 1 amide bonds. The van der Waals surface area contributed by atoms with Crippen molar-refractivity contribution in [3.05, 3.63) is 29.8 Å². The maximum atomic E-state index is 11.7. The Kier molecular flexibility index (Phi) is 4.75. The van der Waals surface area contributed by atoms with Crippen molar-refractivity contribution >= 4 is 5.91 Å². The molecule has 1 atom stereocenters. The average Bonchev–Trinajstić information content (AvgIpc) is 2.28. The number of rotatable bonds is 5. The van der Waals surface area contributed by atoms with Gasteiger partial charge in [-0.25, -0.2) is 0 Å². The number of hydrogen-bond acceptors (Lipinski definition) is 4. The Morgan fingerprint density at radius 3 is 2.88 bits per heavy atom. The molecular weight excluding hydrogens is 210 g/mol. The van der Waals surface area contributed by atoms with Crippen molar-refractivity contribution in [1.82, 2.24) is 5.32 Å². The lowest BCUT2D eigenvalue weighted by molar-refractivity contribution is 0.0839. The zero-order valence-electron chi connectivity index (χ0n) is 9.01. The van der Waals surface area contributed by atoms with Crippen molar-refractivity contribution in [1.29, 1.82) is 0 Å². The summed E-state index contributed by atoms with van der Waals surface area (Å²) >= 11 is 0. The van der Waals surface area contributed by atoms with Crippen molar-refractivity contribution in [3.8, 4) is 5.75 Å². The van der Waals surface area contributed by atoms with Gasteiger partial charge in [0, 0.05) is 12.7 Å². The lowest BCUT2D eigenvalue weighted by Gasteiger charge is -2.15. The number of phenolic OH excluding ortho intramolecular Hbond substituents is 1. The molecule has 0 spiro atoms. The first-order valence-corrected chi connectivity index (χ1v) is 4.87. The summed E-state index contributed by atoms with van der Waals surface area (Å²) in [5.41, 5.74) is 0.342. The molecule has 0 fully saturated rings. The standard InChI is InChI=1S/C11H15NO4/c1-16-7-9(6-13)12-11(15)8-3-2-4-10(14)5-8/h2-5,9,13-14H,6-7H2,1H3,(H,12,15). The summed E-state index contributed by atoms with van der Waals surface area (Å²) in [5, 5.41) is 20.8. The van der Waals surface area contributed by atoms with E-state index in [2.05, 4.69) is 5.32 Å². The molecule has 0 heterocycles. The zero-order chi connectivity index (χ0) is 12.0. The van der Waals surface area contributed by atoms with E-state index in [9.17, 15) is 9.90 Å². The highest BCUT2D eigenvalue weighted by Crippen LogP contribution is 2.10. The van der Waals surface area contributed by atoms with Crippen LogP contribution in [0.5, 0.6) is 5.75 Å². The first-order valence-electron chi connectivity index (χ1n) is 4.87. The van der Waals surface area contributed by atoms with Crippen LogP contribution in [0.2, 0.25) is 0 Å². The summed E-state index contributed by atoms with van der Waals surface area (Å²) in [6.07, 6.45) is 0. The second-order valence-corrected chi connectivity index (χ2v) is 3.36. The lowest BCUT2D eigenvalue weighted by Crippen LogP contribution is -2.40. The van der Waals surface area contributed by atoms with Gasteiger partial charge < -0.3 is 20.3 Å². The molecule has 0 radical (unpaired) electrons. The number of benzene rings is 1. The van der Waals surface area contributed by atoms with Crippen LogP contribution in [0.4, 0.5) is 0 Å². The summed E-state index contributed by atoms with van der Waals surface area (Å²) in [7, 11) is 1.49. The number of amides is 1. The summed E-state index contributed by atoms with van der Waals surface area (Å²) in [5.74, 6) is -0.327. The highest BCUT2D eigenvalue weighted by Gasteiger charge is 2.12. The fourth-order valence-electron chi connectivity index (χ4n) is 1.26. The molecule has 1 rings (SSSR count). The van der Waals surface area contributed by atoms with Gasteiger partial charge in [0.2, 0.25) is 0 Å².